The molecule has 1 heterocycles. The van der Waals surface area contributed by atoms with Crippen molar-refractivity contribution in [1.29, 1.82) is 0 Å². The van der Waals surface area contributed by atoms with E-state index in [9.17, 15) is 0 Å². The summed E-state index contributed by atoms with van der Waals surface area (Å²) in [5.41, 5.74) is 4.57. The fraction of sp³-hybridized carbons (Fsp3) is 0.0435. The van der Waals surface area contributed by atoms with Crippen LogP contribution < -0.4 is 4.70 Å². The second-order valence-electron chi connectivity index (χ2n) is 6.21. The first-order valence-corrected chi connectivity index (χ1v) is 8.46. The van der Waals surface area contributed by atoms with E-state index in [-0.39, 0.29) is 26.1 Å². The van der Waals surface area contributed by atoms with E-state index in [1.807, 2.05) is 12.1 Å². The largest absolute Gasteiger partial charge is 0.241 e. The molecule has 1 aliphatic heterocycles. The van der Waals surface area contributed by atoms with Crippen LogP contribution in [0.15, 0.2) is 96.1 Å². The van der Waals surface area contributed by atoms with Gasteiger partial charge in [0.25, 0.3) is 0 Å². The molecule has 1 aliphatic rings. The van der Waals surface area contributed by atoms with Crippen LogP contribution in [-0.2, 0) is 20.1 Å². The maximum Gasteiger partial charge on any atom is 0.241 e. The average Bonchev–Trinajstić information content (AvgIpc) is 3.08. The van der Waals surface area contributed by atoms with Crippen molar-refractivity contribution in [2.75, 3.05) is 0 Å². The number of rotatable bonds is 2. The minimum Gasteiger partial charge on any atom is -0.170 e. The van der Waals surface area contributed by atoms with Gasteiger partial charge in [0.2, 0.25) is 5.69 Å². The van der Waals surface area contributed by atoms with Crippen molar-refractivity contribution < 1.29 is 20.1 Å². The van der Waals surface area contributed by atoms with Crippen molar-refractivity contribution >= 4 is 22.1 Å². The summed E-state index contributed by atoms with van der Waals surface area (Å²) < 4.78 is 2.05. The zero-order chi connectivity index (χ0) is 16.6. The number of benzene rings is 4. The molecule has 0 aliphatic carbocycles. The summed E-state index contributed by atoms with van der Waals surface area (Å²) in [7, 11) is 0. The minimum absolute atomic E-state index is 0. The molecule has 0 N–H and O–H groups in total. The van der Waals surface area contributed by atoms with Crippen LogP contribution in [0.2, 0.25) is 0 Å². The molecule has 0 amide bonds. The summed E-state index contributed by atoms with van der Waals surface area (Å²) >= 11 is 0. The Morgan fingerprint density at radius 2 is 1.50 bits per heavy atom. The summed E-state index contributed by atoms with van der Waals surface area (Å²) in [5, 5.41) is 7.41. The number of azo groups is 2. The Bertz CT molecular complexity index is 1100. The smallest absolute Gasteiger partial charge is 0.170 e. The van der Waals surface area contributed by atoms with Crippen LogP contribution in [0.4, 0.5) is 11.4 Å². The topological polar surface area (TPSA) is 15.4 Å². The number of hydrogen-bond donors (Lipinski definition) is 0. The third-order valence-electron chi connectivity index (χ3n) is 4.72. The van der Waals surface area contributed by atoms with Crippen molar-refractivity contribution in [1.82, 2.24) is 4.70 Å². The number of nitrogens with zero attached hydrogens (tertiary/aromatic N) is 2. The van der Waals surface area contributed by atoms with Gasteiger partial charge in [-0.3, -0.25) is 0 Å². The van der Waals surface area contributed by atoms with Crippen LogP contribution in [0.3, 0.4) is 0 Å². The summed E-state index contributed by atoms with van der Waals surface area (Å²) in [4.78, 5) is 0. The van der Waals surface area contributed by atoms with E-state index in [0.29, 0.717) is 0 Å². The van der Waals surface area contributed by atoms with Crippen LogP contribution in [0.25, 0.3) is 10.8 Å². The third-order valence-corrected chi connectivity index (χ3v) is 4.72. The predicted octanol–water partition coefficient (Wildman–Crippen LogP) is 6.03. The molecule has 0 spiro atoms. The van der Waals surface area contributed by atoms with Gasteiger partial charge in [0.15, 0.2) is 6.04 Å². The molecule has 2 nitrogen and oxygen atoms in total. The molecule has 0 fully saturated rings. The molecule has 5 rings (SSSR count). The van der Waals surface area contributed by atoms with Crippen molar-refractivity contribution in [3.63, 3.8) is 0 Å². The average molecular weight is 513 g/mol. The van der Waals surface area contributed by atoms with Gasteiger partial charge < -0.3 is 0 Å². The van der Waals surface area contributed by atoms with Gasteiger partial charge in [-0.15, -0.1) is 17.5 Å². The molecule has 0 saturated carbocycles. The summed E-state index contributed by atoms with van der Waals surface area (Å²) in [6.07, 6.45) is 0. The Labute approximate surface area is 166 Å². The maximum absolute atomic E-state index is 5.05. The van der Waals surface area contributed by atoms with E-state index in [2.05, 4.69) is 89.6 Å². The molecule has 4 aromatic rings. The molecule has 1 radical (unpaired) electrons. The Kier molecular flexibility index (Phi) is 4.50. The Balaban J connectivity index is 0.00000168. The van der Waals surface area contributed by atoms with Gasteiger partial charge >= 0.3 is 0 Å². The van der Waals surface area contributed by atoms with Crippen LogP contribution in [-0.4, -0.2) is 0 Å². The monoisotopic (exact) mass is 513 g/mol. The Hall–Kier alpha value is -2.61. The number of hydrogen-bond acceptors (Lipinski definition) is 1. The second-order valence-corrected chi connectivity index (χ2v) is 6.21. The first-order chi connectivity index (χ1) is 12.4. The fourth-order valence-electron chi connectivity index (χ4n) is 3.53. The van der Waals surface area contributed by atoms with E-state index in [0.717, 1.165) is 16.8 Å². The van der Waals surface area contributed by atoms with Crippen molar-refractivity contribution in [3.8, 4) is 0 Å². The number of para-hydroxylation sites is 1. The normalized spacial score (nSPS) is 15.2. The van der Waals surface area contributed by atoms with Crippen LogP contribution in [0, 0.1) is 6.07 Å². The molecule has 26 heavy (non-hydrogen) atoms. The van der Waals surface area contributed by atoms with E-state index < -0.39 is 0 Å². The van der Waals surface area contributed by atoms with Crippen LogP contribution >= 0.6 is 0 Å². The van der Waals surface area contributed by atoms with Crippen LogP contribution in [0.5, 0.6) is 0 Å². The molecule has 0 bridgehead atoms. The summed E-state index contributed by atoms with van der Waals surface area (Å²) in [5.74, 6) is 0. The fourth-order valence-corrected chi connectivity index (χ4v) is 3.53. The number of fused-ring (bicyclic) bond motifs is 2. The molecule has 1 unspecified atom stereocenters. The van der Waals surface area contributed by atoms with Gasteiger partial charge in [0, 0.05) is 26.2 Å². The maximum atomic E-state index is 5.05. The SMILES string of the molecule is [Ir].[c-]1ccc2ccccc2c1[N+]1=NC(c2ccccc2)c2ccccc21. The van der Waals surface area contributed by atoms with E-state index >= 15 is 0 Å². The third kappa shape index (κ3) is 2.70. The summed E-state index contributed by atoms with van der Waals surface area (Å²) in [6, 6.07) is 34.8. The molecule has 127 valence electrons. The predicted molar refractivity (Wildman–Crippen MR) is 101 cm³/mol. The molecular weight excluding hydrogens is 496 g/mol. The molecule has 3 heteroatoms. The summed E-state index contributed by atoms with van der Waals surface area (Å²) in [6.45, 7) is 0. The zero-order valence-electron chi connectivity index (χ0n) is 14.0. The van der Waals surface area contributed by atoms with Crippen molar-refractivity contribution in [3.05, 3.63) is 108 Å². The van der Waals surface area contributed by atoms with Gasteiger partial charge in [0.1, 0.15) is 5.69 Å². The zero-order valence-corrected chi connectivity index (χ0v) is 16.4. The Morgan fingerprint density at radius 3 is 2.38 bits per heavy atom. The van der Waals surface area contributed by atoms with E-state index in [1.165, 1.54) is 16.5 Å². The van der Waals surface area contributed by atoms with Gasteiger partial charge in [-0.05, 0) is 16.7 Å². The van der Waals surface area contributed by atoms with Gasteiger partial charge in [-0.25, -0.2) is 0 Å². The minimum atomic E-state index is 0. The second kappa shape index (κ2) is 6.95. The molecule has 4 aromatic carbocycles. The Morgan fingerprint density at radius 1 is 0.769 bits per heavy atom. The first kappa shape index (κ1) is 16.8. The quantitative estimate of drug-likeness (QED) is 0.230. The van der Waals surface area contributed by atoms with Gasteiger partial charge in [-0.2, -0.15) is 12.1 Å². The molecule has 0 saturated heterocycles. The van der Waals surface area contributed by atoms with Crippen LogP contribution in [0.1, 0.15) is 17.2 Å². The van der Waals surface area contributed by atoms with E-state index in [4.69, 9.17) is 5.11 Å². The molecule has 1 atom stereocenters. The van der Waals surface area contributed by atoms with Gasteiger partial charge in [0.05, 0.1) is 5.56 Å². The molecular formula is C23H16IrN2. The standard InChI is InChI=1S/C23H16N2.Ir/c1-2-10-18(11-3-1)23-20-14-6-7-15-22(20)25(24-23)21-16-8-12-17-9-4-5-13-19(17)21;/h1-15,23H;. The van der Waals surface area contributed by atoms with Gasteiger partial charge in [-0.1, -0.05) is 70.7 Å². The molecule has 0 aromatic heterocycles. The first-order valence-electron chi connectivity index (χ1n) is 8.46. The van der Waals surface area contributed by atoms with Crippen molar-refractivity contribution in [2.24, 2.45) is 5.11 Å². The van der Waals surface area contributed by atoms with E-state index in [1.54, 1.807) is 0 Å². The van der Waals surface area contributed by atoms with Crippen molar-refractivity contribution in [2.45, 2.75) is 6.04 Å².